The number of aliphatic hydroxyl groups is 3. The number of rotatable bonds is 9. The zero-order chi connectivity index (χ0) is 26.1. The zero-order valence-corrected chi connectivity index (χ0v) is 14.9. The van der Waals surface area contributed by atoms with Crippen LogP contribution in [-0.2, 0) is 19.0 Å². The van der Waals surface area contributed by atoms with Crippen LogP contribution in [0.15, 0.2) is 24.3 Å². The third-order valence-corrected chi connectivity index (χ3v) is 3.61. The van der Waals surface area contributed by atoms with Crippen molar-refractivity contribution in [2.45, 2.75) is 36.8 Å². The Bertz CT molecular complexity index is 906. The molecule has 0 aliphatic carbocycles. The average Bonchev–Trinajstić information content (AvgIpc) is 2.72. The molecule has 1 fully saturated rings. The minimum absolute atomic E-state index is 0.0523. The number of hydrogen-bond acceptors (Lipinski definition) is 10. The number of ether oxygens (including phenoxy) is 5. The summed E-state index contributed by atoms with van der Waals surface area (Å²) in [5.74, 6) is -2.23. The maximum Gasteiger partial charge on any atom is 0.404 e. The van der Waals surface area contributed by atoms with Crippen molar-refractivity contribution in [3.63, 3.8) is 0 Å². The summed E-state index contributed by atoms with van der Waals surface area (Å²) >= 11 is 0. The van der Waals surface area contributed by atoms with Crippen LogP contribution in [0.5, 0.6) is 11.5 Å². The number of nitrogens with two attached hydrogens (primary N) is 1. The molecule has 0 spiro atoms. The fourth-order valence-corrected chi connectivity index (χ4v) is 2.24. The van der Waals surface area contributed by atoms with Crippen molar-refractivity contribution in [2.24, 2.45) is 5.73 Å². The number of carbonyl (C=O) groups excluding carboxylic acids is 1. The van der Waals surface area contributed by atoms with E-state index in [1.54, 1.807) is 0 Å². The molecule has 0 bridgehead atoms. The van der Waals surface area contributed by atoms with Gasteiger partial charge < -0.3 is 49.8 Å². The SMILES string of the molecule is [2H]C([2H])(OC(N)=O)C([2H])(OC1OC(C(=O)O)C(O)C(O)C1O)C([2H])([2H])Oc1ccccc1OC. The number of para-hydroxylation sites is 2. The second-order valence-corrected chi connectivity index (χ2v) is 5.56. The first-order chi connectivity index (χ1) is 15.6. The molecule has 12 heteroatoms. The van der Waals surface area contributed by atoms with E-state index in [0.717, 1.165) is 0 Å². The molecule has 12 nitrogen and oxygen atoms in total. The fourth-order valence-electron chi connectivity index (χ4n) is 2.24. The summed E-state index contributed by atoms with van der Waals surface area (Å²) in [4.78, 5) is 22.6. The van der Waals surface area contributed by atoms with Gasteiger partial charge in [0.2, 0.25) is 0 Å². The maximum absolute atomic E-state index is 11.3. The van der Waals surface area contributed by atoms with Gasteiger partial charge >= 0.3 is 12.1 Å². The minimum Gasteiger partial charge on any atom is -0.493 e. The molecule has 1 aliphatic heterocycles. The molecular weight excluding hydrogens is 394 g/mol. The number of carboxylic acid groups (broad SMARTS) is 1. The molecule has 2 rings (SSSR count). The van der Waals surface area contributed by atoms with Crippen LogP contribution in [0, 0.1) is 0 Å². The summed E-state index contributed by atoms with van der Waals surface area (Å²) in [5.41, 5.74) is 4.82. The predicted molar refractivity (Wildman–Crippen MR) is 93.2 cm³/mol. The first-order valence-electron chi connectivity index (χ1n) is 10.5. The van der Waals surface area contributed by atoms with Crippen molar-refractivity contribution < 1.29 is 60.6 Å². The summed E-state index contributed by atoms with van der Waals surface area (Å²) < 4.78 is 65.0. The van der Waals surface area contributed by atoms with Gasteiger partial charge in [-0.3, -0.25) is 0 Å². The van der Waals surface area contributed by atoms with Gasteiger partial charge in [0.05, 0.1) is 14.0 Å². The highest BCUT2D eigenvalue weighted by Gasteiger charge is 2.48. The number of carboxylic acids is 1. The number of benzene rings is 1. The molecule has 29 heavy (non-hydrogen) atoms. The maximum atomic E-state index is 11.3. The highest BCUT2D eigenvalue weighted by atomic mass is 16.7. The lowest BCUT2D eigenvalue weighted by Gasteiger charge is -2.39. The Kier molecular flexibility index (Phi) is 5.71. The van der Waals surface area contributed by atoms with Crippen LogP contribution in [0.4, 0.5) is 4.79 Å². The number of amides is 1. The second-order valence-electron chi connectivity index (χ2n) is 5.56. The highest BCUT2D eigenvalue weighted by Crippen LogP contribution is 2.27. The lowest BCUT2D eigenvalue weighted by Crippen LogP contribution is -2.61. The molecule has 6 atom stereocenters. The molecule has 1 saturated heterocycles. The predicted octanol–water partition coefficient (Wildman–Crippen LogP) is -1.55. The summed E-state index contributed by atoms with van der Waals surface area (Å²) in [6, 6.07) is 5.41. The molecule has 162 valence electrons. The summed E-state index contributed by atoms with van der Waals surface area (Å²) in [5, 5.41) is 39.1. The third kappa shape index (κ3) is 5.92. The number of methoxy groups -OCH3 is 1. The lowest BCUT2D eigenvalue weighted by molar-refractivity contribution is -0.307. The van der Waals surface area contributed by atoms with Gasteiger partial charge in [0, 0.05) is 0 Å². The van der Waals surface area contributed by atoms with E-state index in [9.17, 15) is 24.9 Å². The molecule has 0 saturated carbocycles. The number of hydrogen-bond donors (Lipinski definition) is 5. The van der Waals surface area contributed by atoms with Crippen LogP contribution in [0.2, 0.25) is 0 Å². The van der Waals surface area contributed by atoms with E-state index >= 15 is 0 Å². The first-order valence-corrected chi connectivity index (χ1v) is 7.98. The molecule has 1 aliphatic rings. The van der Waals surface area contributed by atoms with Crippen LogP contribution in [0.25, 0.3) is 0 Å². The number of aliphatic carboxylic acids is 1. The van der Waals surface area contributed by atoms with Crippen LogP contribution >= 0.6 is 0 Å². The van der Waals surface area contributed by atoms with E-state index in [1.165, 1.54) is 31.4 Å². The van der Waals surface area contributed by atoms with E-state index in [1.807, 2.05) is 0 Å². The van der Waals surface area contributed by atoms with Gasteiger partial charge in [-0.1, -0.05) is 12.1 Å². The van der Waals surface area contributed by atoms with Crippen molar-refractivity contribution in [3.05, 3.63) is 24.3 Å². The Morgan fingerprint density at radius 1 is 1.21 bits per heavy atom. The Morgan fingerprint density at radius 3 is 2.45 bits per heavy atom. The van der Waals surface area contributed by atoms with Gasteiger partial charge in [0.15, 0.2) is 23.9 Å². The standard InChI is InChI=1S/C17H23NO11/c1-25-9-4-2-3-5-10(9)26-6-8(7-27-17(18)24)28-16-13(21)11(19)12(20)14(29-16)15(22)23/h2-5,8,11-14,16,19-21H,6-7H2,1H3,(H2,18,24)(H,22,23)/i6D2,7D2,8D. The van der Waals surface area contributed by atoms with Crippen molar-refractivity contribution in [2.75, 3.05) is 20.2 Å². The largest absolute Gasteiger partial charge is 0.493 e. The van der Waals surface area contributed by atoms with Crippen LogP contribution in [0.3, 0.4) is 0 Å². The molecule has 1 heterocycles. The molecule has 0 radical (unpaired) electrons. The summed E-state index contributed by atoms with van der Waals surface area (Å²) in [6.07, 6.45) is -16.9. The monoisotopic (exact) mass is 422 g/mol. The quantitative estimate of drug-likeness (QED) is 0.310. The number of primary amides is 1. The van der Waals surface area contributed by atoms with Crippen LogP contribution in [0.1, 0.15) is 6.85 Å². The Labute approximate surface area is 172 Å². The third-order valence-electron chi connectivity index (χ3n) is 3.61. The number of carbonyl (C=O) groups is 2. The molecule has 6 unspecified atom stereocenters. The van der Waals surface area contributed by atoms with Gasteiger partial charge in [0.1, 0.15) is 37.5 Å². The Balaban J connectivity index is 2.54. The molecule has 1 amide bonds. The minimum atomic E-state index is -3.80. The lowest BCUT2D eigenvalue weighted by atomic mass is 9.99. The van der Waals surface area contributed by atoms with Crippen LogP contribution < -0.4 is 15.2 Å². The topological polar surface area (TPSA) is 187 Å². The average molecular weight is 422 g/mol. The molecule has 6 N–H and O–H groups in total. The first kappa shape index (κ1) is 16.2. The van der Waals surface area contributed by atoms with Crippen molar-refractivity contribution in [1.82, 2.24) is 0 Å². The van der Waals surface area contributed by atoms with E-state index in [0.29, 0.717) is 0 Å². The van der Waals surface area contributed by atoms with E-state index in [4.69, 9.17) is 36.6 Å². The smallest absolute Gasteiger partial charge is 0.404 e. The Morgan fingerprint density at radius 2 is 1.86 bits per heavy atom. The zero-order valence-electron chi connectivity index (χ0n) is 19.9. The van der Waals surface area contributed by atoms with Crippen LogP contribution in [-0.4, -0.2) is 89.5 Å². The van der Waals surface area contributed by atoms with E-state index in [-0.39, 0.29) is 11.5 Å². The van der Waals surface area contributed by atoms with Gasteiger partial charge in [0.25, 0.3) is 0 Å². The molecule has 1 aromatic rings. The second kappa shape index (κ2) is 10.2. The van der Waals surface area contributed by atoms with Crippen molar-refractivity contribution in [3.8, 4) is 11.5 Å². The highest BCUT2D eigenvalue weighted by molar-refractivity contribution is 5.73. The molecular formula is C17H23NO11. The van der Waals surface area contributed by atoms with Gasteiger partial charge in [-0.15, -0.1) is 0 Å². The van der Waals surface area contributed by atoms with Gasteiger partial charge in [-0.2, -0.15) is 0 Å². The normalized spacial score (nSPS) is 32.3. The summed E-state index contributed by atoms with van der Waals surface area (Å²) in [6.45, 7) is -7.38. The molecule has 0 aromatic heterocycles. The summed E-state index contributed by atoms with van der Waals surface area (Å²) in [7, 11) is 1.21. The van der Waals surface area contributed by atoms with E-state index in [2.05, 4.69) is 4.74 Å². The van der Waals surface area contributed by atoms with E-state index < -0.39 is 62.0 Å². The van der Waals surface area contributed by atoms with Crippen molar-refractivity contribution >= 4 is 12.1 Å². The Hall–Kier alpha value is -2.64. The molecule has 1 aromatic carbocycles. The number of aliphatic hydroxyl groups excluding tert-OH is 3. The fraction of sp³-hybridized carbons (Fsp3) is 0.529. The van der Waals surface area contributed by atoms with Gasteiger partial charge in [-0.05, 0) is 12.1 Å². The van der Waals surface area contributed by atoms with Gasteiger partial charge in [-0.25, -0.2) is 9.59 Å². The van der Waals surface area contributed by atoms with Crippen molar-refractivity contribution in [1.29, 1.82) is 0 Å².